The van der Waals surface area contributed by atoms with Crippen LogP contribution in [0, 0.1) is 17.6 Å². The zero-order valence-corrected chi connectivity index (χ0v) is 12.7. The molecular weight excluding hydrogens is 312 g/mol. The number of Topliss-reactive ketones (excluding diaryl/α,β-unsaturated/α-hetero) is 1. The fourth-order valence-electron chi connectivity index (χ4n) is 2.74. The third-order valence-electron chi connectivity index (χ3n) is 3.75. The molecule has 0 saturated heterocycles. The van der Waals surface area contributed by atoms with E-state index < -0.39 is 29.4 Å². The molecule has 2 unspecified atom stereocenters. The van der Waals surface area contributed by atoms with Crippen LogP contribution in [0.3, 0.4) is 0 Å². The summed E-state index contributed by atoms with van der Waals surface area (Å²) in [4.78, 5) is 23.7. The zero-order valence-electron chi connectivity index (χ0n) is 12.0. The predicted octanol–water partition coefficient (Wildman–Crippen LogP) is 3.19. The zero-order chi connectivity index (χ0) is 16.6. The first-order valence-electron chi connectivity index (χ1n) is 6.56. The Morgan fingerprint density at radius 3 is 2.18 bits per heavy atom. The number of carbonyl (C=O) groups excluding carboxylic acids is 2. The second-order valence-corrected chi connectivity index (χ2v) is 5.65. The molecule has 3 nitrogen and oxygen atoms in total. The smallest absolute Gasteiger partial charge is 0.225 e. The van der Waals surface area contributed by atoms with Gasteiger partial charge in [-0.2, -0.15) is 0 Å². The number of hydrogen-bond donors (Lipinski definition) is 1. The van der Waals surface area contributed by atoms with Crippen molar-refractivity contribution in [2.24, 2.45) is 11.7 Å². The summed E-state index contributed by atoms with van der Waals surface area (Å²) >= 11 is 6.06. The summed E-state index contributed by atoms with van der Waals surface area (Å²) in [6, 6.07) is 2.90. The topological polar surface area (TPSA) is 60.2 Å². The van der Waals surface area contributed by atoms with E-state index in [1.165, 1.54) is 13.0 Å². The average Bonchev–Trinajstić information content (AvgIpc) is 2.39. The van der Waals surface area contributed by atoms with Crippen LogP contribution in [0.15, 0.2) is 40.5 Å². The number of halogens is 3. The number of rotatable bonds is 3. The second kappa shape index (κ2) is 6.01. The van der Waals surface area contributed by atoms with Gasteiger partial charge in [0.05, 0.1) is 5.92 Å². The van der Waals surface area contributed by atoms with Gasteiger partial charge in [-0.3, -0.25) is 9.59 Å². The molecule has 0 aliphatic heterocycles. The van der Waals surface area contributed by atoms with Gasteiger partial charge >= 0.3 is 0 Å². The van der Waals surface area contributed by atoms with Gasteiger partial charge in [0.1, 0.15) is 11.6 Å². The molecule has 2 rings (SSSR count). The minimum atomic E-state index is -0.933. The highest BCUT2D eigenvalue weighted by Crippen LogP contribution is 2.43. The van der Waals surface area contributed by atoms with Crippen molar-refractivity contribution in [2.75, 3.05) is 0 Å². The van der Waals surface area contributed by atoms with E-state index in [0.29, 0.717) is 5.57 Å². The third kappa shape index (κ3) is 2.95. The fourth-order valence-corrected chi connectivity index (χ4v) is 2.98. The second-order valence-electron chi connectivity index (χ2n) is 5.25. The van der Waals surface area contributed by atoms with Gasteiger partial charge in [0.25, 0.3) is 0 Å². The van der Waals surface area contributed by atoms with E-state index in [0.717, 1.165) is 18.2 Å². The van der Waals surface area contributed by atoms with Crippen LogP contribution in [-0.2, 0) is 9.59 Å². The van der Waals surface area contributed by atoms with Crippen LogP contribution in [0.5, 0.6) is 0 Å². The summed E-state index contributed by atoms with van der Waals surface area (Å²) in [7, 11) is 0. The molecule has 1 aromatic carbocycles. The highest BCUT2D eigenvalue weighted by Gasteiger charge is 2.38. The first-order valence-corrected chi connectivity index (χ1v) is 6.94. The van der Waals surface area contributed by atoms with E-state index in [9.17, 15) is 18.4 Å². The number of ketones is 1. The Morgan fingerprint density at radius 2 is 1.73 bits per heavy atom. The number of allylic oxidation sites excluding steroid dienone is 3. The van der Waals surface area contributed by atoms with E-state index >= 15 is 0 Å². The molecule has 1 amide bonds. The minimum absolute atomic E-state index is 0.172. The lowest BCUT2D eigenvalue weighted by atomic mass is 9.72. The van der Waals surface area contributed by atoms with Gasteiger partial charge in [-0.15, -0.1) is 0 Å². The van der Waals surface area contributed by atoms with Crippen molar-refractivity contribution in [2.45, 2.75) is 19.8 Å². The molecule has 22 heavy (non-hydrogen) atoms. The first kappa shape index (κ1) is 16.4. The Morgan fingerprint density at radius 1 is 1.18 bits per heavy atom. The van der Waals surface area contributed by atoms with Crippen LogP contribution in [-0.4, -0.2) is 11.7 Å². The Labute approximate surface area is 131 Å². The molecule has 0 saturated carbocycles. The highest BCUT2D eigenvalue weighted by molar-refractivity contribution is 6.32. The fraction of sp³-hybridized carbons (Fsp3) is 0.250. The third-order valence-corrected chi connectivity index (χ3v) is 4.16. The van der Waals surface area contributed by atoms with Crippen molar-refractivity contribution >= 4 is 23.3 Å². The van der Waals surface area contributed by atoms with E-state index in [1.54, 1.807) is 6.92 Å². The molecular formula is C16H14ClF2NO2. The number of carbonyl (C=O) groups is 2. The predicted molar refractivity (Wildman–Crippen MR) is 79.1 cm³/mol. The molecule has 0 aromatic heterocycles. The maximum Gasteiger partial charge on any atom is 0.225 e. The average molecular weight is 326 g/mol. The van der Waals surface area contributed by atoms with Crippen LogP contribution in [0.4, 0.5) is 8.78 Å². The van der Waals surface area contributed by atoms with Crippen molar-refractivity contribution < 1.29 is 18.4 Å². The number of hydrogen-bond acceptors (Lipinski definition) is 2. The molecule has 2 atom stereocenters. The van der Waals surface area contributed by atoms with Crippen LogP contribution < -0.4 is 5.73 Å². The van der Waals surface area contributed by atoms with Crippen molar-refractivity contribution in [3.8, 4) is 0 Å². The largest absolute Gasteiger partial charge is 0.369 e. The summed E-state index contributed by atoms with van der Waals surface area (Å²) in [5.74, 6) is -4.43. The SMILES string of the molecule is CC(=O)C1=CC(Cl)=C(C)C(C(N)=O)C1c1cc(F)cc(F)c1. The summed E-state index contributed by atoms with van der Waals surface area (Å²) in [6.45, 7) is 2.91. The molecule has 0 heterocycles. The lowest BCUT2D eigenvalue weighted by Crippen LogP contribution is -2.34. The highest BCUT2D eigenvalue weighted by atomic mass is 35.5. The van der Waals surface area contributed by atoms with Crippen LogP contribution >= 0.6 is 11.6 Å². The van der Waals surface area contributed by atoms with Crippen molar-refractivity contribution in [3.63, 3.8) is 0 Å². The summed E-state index contributed by atoms with van der Waals surface area (Å²) in [6.07, 6.45) is 1.42. The van der Waals surface area contributed by atoms with Gasteiger partial charge < -0.3 is 5.73 Å². The number of nitrogens with two attached hydrogens (primary N) is 1. The van der Waals surface area contributed by atoms with Gasteiger partial charge in [0.15, 0.2) is 5.78 Å². The number of primary amides is 1. The first-order chi connectivity index (χ1) is 10.2. The molecule has 6 heteroatoms. The van der Waals surface area contributed by atoms with Gasteiger partial charge in [0, 0.05) is 22.6 Å². The van der Waals surface area contributed by atoms with Crippen molar-refractivity contribution in [1.29, 1.82) is 0 Å². The maximum atomic E-state index is 13.5. The lowest BCUT2D eigenvalue weighted by molar-refractivity contribution is -0.121. The van der Waals surface area contributed by atoms with Crippen LogP contribution in [0.1, 0.15) is 25.3 Å². The summed E-state index contributed by atoms with van der Waals surface area (Å²) in [5, 5.41) is 0.238. The molecule has 0 spiro atoms. The van der Waals surface area contributed by atoms with E-state index in [2.05, 4.69) is 0 Å². The summed E-state index contributed by atoms with van der Waals surface area (Å²) in [5.41, 5.74) is 6.27. The van der Waals surface area contributed by atoms with Crippen LogP contribution in [0.25, 0.3) is 0 Å². The van der Waals surface area contributed by atoms with Gasteiger partial charge in [-0.25, -0.2) is 8.78 Å². The normalized spacial score (nSPS) is 21.6. The minimum Gasteiger partial charge on any atom is -0.369 e. The maximum absolute atomic E-state index is 13.5. The van der Waals surface area contributed by atoms with E-state index in [1.807, 2.05) is 0 Å². The Balaban J connectivity index is 2.69. The number of benzene rings is 1. The van der Waals surface area contributed by atoms with E-state index in [4.69, 9.17) is 17.3 Å². The van der Waals surface area contributed by atoms with E-state index in [-0.39, 0.29) is 22.0 Å². The molecule has 0 fully saturated rings. The quantitative estimate of drug-likeness (QED) is 0.927. The van der Waals surface area contributed by atoms with Gasteiger partial charge in [-0.1, -0.05) is 11.6 Å². The van der Waals surface area contributed by atoms with Gasteiger partial charge in [0.2, 0.25) is 5.91 Å². The van der Waals surface area contributed by atoms with Crippen molar-refractivity contribution in [1.82, 2.24) is 0 Å². The Bertz CT molecular complexity index is 705. The van der Waals surface area contributed by atoms with Crippen molar-refractivity contribution in [3.05, 3.63) is 57.7 Å². The molecule has 1 aliphatic carbocycles. The molecule has 0 bridgehead atoms. The molecule has 116 valence electrons. The lowest BCUT2D eigenvalue weighted by Gasteiger charge is -2.31. The standard InChI is InChI=1S/C16H14ClF2NO2/c1-7-13(17)6-12(8(2)21)15(14(7)16(20)22)9-3-10(18)5-11(19)4-9/h3-6,14-15H,1-2H3,(H2,20,22). The monoisotopic (exact) mass is 325 g/mol. The van der Waals surface area contributed by atoms with Gasteiger partial charge in [-0.05, 0) is 43.2 Å². The Kier molecular flexibility index (Phi) is 4.47. The van der Waals surface area contributed by atoms with Crippen LogP contribution in [0.2, 0.25) is 0 Å². The summed E-state index contributed by atoms with van der Waals surface area (Å²) < 4.78 is 27.0. The number of amides is 1. The molecule has 0 radical (unpaired) electrons. The molecule has 1 aromatic rings. The Hall–Kier alpha value is -2.01. The molecule has 1 aliphatic rings. The molecule has 2 N–H and O–H groups in total.